The lowest BCUT2D eigenvalue weighted by molar-refractivity contribution is 0.216. The maximum absolute atomic E-state index is 12.5. The van der Waals surface area contributed by atoms with Crippen molar-refractivity contribution >= 4 is 20.0 Å². The van der Waals surface area contributed by atoms with Gasteiger partial charge in [-0.2, -0.15) is 4.31 Å². The van der Waals surface area contributed by atoms with Gasteiger partial charge in [0.2, 0.25) is 20.0 Å². The summed E-state index contributed by atoms with van der Waals surface area (Å²) in [5, 5.41) is 4.99. The van der Waals surface area contributed by atoms with E-state index < -0.39 is 20.0 Å². The number of primary sulfonamides is 1. The van der Waals surface area contributed by atoms with Gasteiger partial charge in [-0.15, -0.1) is 0 Å². The molecular formula is C13H22N2O4S2. The van der Waals surface area contributed by atoms with Crippen LogP contribution in [0, 0.1) is 5.41 Å². The summed E-state index contributed by atoms with van der Waals surface area (Å²) in [4.78, 5) is -0.0820. The third-order valence-corrected chi connectivity index (χ3v) is 6.50. The van der Waals surface area contributed by atoms with Gasteiger partial charge in [0.15, 0.2) is 0 Å². The molecule has 0 heterocycles. The van der Waals surface area contributed by atoms with Crippen molar-refractivity contribution in [3.05, 3.63) is 24.3 Å². The van der Waals surface area contributed by atoms with Crippen LogP contribution in [0.2, 0.25) is 0 Å². The molecule has 1 atom stereocenters. The highest BCUT2D eigenvalue weighted by Crippen LogP contribution is 2.27. The monoisotopic (exact) mass is 334 g/mol. The predicted octanol–water partition coefficient (Wildman–Crippen LogP) is 1.39. The van der Waals surface area contributed by atoms with Gasteiger partial charge in [-0.05, 0) is 36.6 Å². The molecule has 1 aromatic rings. The average molecular weight is 334 g/mol. The van der Waals surface area contributed by atoms with Crippen LogP contribution in [0.5, 0.6) is 0 Å². The Hall–Kier alpha value is -0.960. The molecule has 0 aromatic heterocycles. The Bertz CT molecular complexity index is 702. The fraction of sp³-hybridized carbons (Fsp3) is 0.538. The maximum Gasteiger partial charge on any atom is 0.243 e. The molecule has 0 aliphatic heterocycles. The molecule has 6 nitrogen and oxygen atoms in total. The van der Waals surface area contributed by atoms with Crippen LogP contribution in [0.3, 0.4) is 0 Å². The van der Waals surface area contributed by atoms with Gasteiger partial charge in [-0.3, -0.25) is 0 Å². The van der Waals surface area contributed by atoms with E-state index in [9.17, 15) is 16.8 Å². The van der Waals surface area contributed by atoms with Gasteiger partial charge in [0.25, 0.3) is 0 Å². The van der Waals surface area contributed by atoms with E-state index >= 15 is 0 Å². The molecule has 0 fully saturated rings. The van der Waals surface area contributed by atoms with E-state index in [0.717, 1.165) is 0 Å². The SMILES string of the molecule is CC(N(C)S(=O)(=O)c1ccc(S(N)(=O)=O)cc1)C(C)(C)C. The summed E-state index contributed by atoms with van der Waals surface area (Å²) in [6.07, 6.45) is 0. The fourth-order valence-corrected chi connectivity index (χ4v) is 3.78. The molecule has 0 spiro atoms. The molecule has 0 radical (unpaired) electrons. The first-order valence-corrected chi connectivity index (χ1v) is 9.37. The van der Waals surface area contributed by atoms with E-state index in [2.05, 4.69) is 0 Å². The summed E-state index contributed by atoms with van der Waals surface area (Å²) >= 11 is 0. The zero-order chi connectivity index (χ0) is 16.6. The van der Waals surface area contributed by atoms with E-state index in [-0.39, 0.29) is 21.2 Å². The number of rotatable bonds is 4. The van der Waals surface area contributed by atoms with Gasteiger partial charge in [0, 0.05) is 13.1 Å². The Morgan fingerprint density at radius 1 is 1.00 bits per heavy atom. The van der Waals surface area contributed by atoms with Crippen LogP contribution in [0.1, 0.15) is 27.7 Å². The van der Waals surface area contributed by atoms with Crippen molar-refractivity contribution in [2.75, 3.05) is 7.05 Å². The number of sulfonamides is 2. The van der Waals surface area contributed by atoms with Crippen LogP contribution in [-0.2, 0) is 20.0 Å². The highest BCUT2D eigenvalue weighted by Gasteiger charge is 2.32. The molecule has 1 aromatic carbocycles. The predicted molar refractivity (Wildman–Crippen MR) is 81.7 cm³/mol. The Morgan fingerprint density at radius 3 is 1.71 bits per heavy atom. The minimum atomic E-state index is -3.83. The summed E-state index contributed by atoms with van der Waals surface area (Å²) in [7, 11) is -6.01. The molecule has 0 saturated carbocycles. The molecule has 8 heteroatoms. The highest BCUT2D eigenvalue weighted by molar-refractivity contribution is 7.89. The summed E-state index contributed by atoms with van der Waals surface area (Å²) in [5.74, 6) is 0. The van der Waals surface area contributed by atoms with Crippen LogP contribution in [-0.4, -0.2) is 34.2 Å². The summed E-state index contributed by atoms with van der Waals surface area (Å²) < 4.78 is 48.7. The minimum absolute atomic E-state index is 0.0356. The number of nitrogens with zero attached hydrogens (tertiary/aromatic N) is 1. The Balaban J connectivity index is 3.20. The van der Waals surface area contributed by atoms with Crippen LogP contribution >= 0.6 is 0 Å². The third kappa shape index (κ3) is 4.03. The van der Waals surface area contributed by atoms with E-state index in [1.54, 1.807) is 0 Å². The summed E-state index contributed by atoms with van der Waals surface area (Å²) in [6, 6.07) is 4.66. The smallest absolute Gasteiger partial charge is 0.225 e. The standard InChI is InChI=1S/C13H22N2O4S2/c1-10(13(2,3)4)15(5)21(18,19)12-8-6-11(7-9-12)20(14,16)17/h6-10H,1-5H3,(H2,14,16,17). The van der Waals surface area contributed by atoms with Gasteiger partial charge in [0.1, 0.15) is 0 Å². The quantitative estimate of drug-likeness (QED) is 0.899. The number of nitrogens with two attached hydrogens (primary N) is 1. The van der Waals surface area contributed by atoms with E-state index in [0.29, 0.717) is 0 Å². The third-order valence-electron chi connectivity index (χ3n) is 3.63. The summed E-state index contributed by atoms with van der Waals surface area (Å²) in [6.45, 7) is 7.69. The Kier molecular flexibility index (Phi) is 4.89. The molecule has 0 aliphatic rings. The van der Waals surface area contributed by atoms with Gasteiger partial charge in [-0.25, -0.2) is 22.0 Å². The van der Waals surface area contributed by atoms with E-state index in [1.807, 2.05) is 27.7 Å². The Labute approximate surface area is 127 Å². The zero-order valence-corrected chi connectivity index (χ0v) is 14.5. The molecule has 0 amide bonds. The topological polar surface area (TPSA) is 97.5 Å². The first-order valence-electron chi connectivity index (χ1n) is 6.39. The van der Waals surface area contributed by atoms with Gasteiger partial charge in [0.05, 0.1) is 9.79 Å². The second-order valence-corrected chi connectivity index (χ2v) is 9.64. The highest BCUT2D eigenvalue weighted by atomic mass is 32.2. The molecular weight excluding hydrogens is 312 g/mol. The van der Waals surface area contributed by atoms with Crippen LogP contribution in [0.4, 0.5) is 0 Å². The normalized spacial score (nSPS) is 15.2. The molecule has 0 bridgehead atoms. The van der Waals surface area contributed by atoms with E-state index in [4.69, 9.17) is 5.14 Å². The zero-order valence-electron chi connectivity index (χ0n) is 12.9. The lowest BCUT2D eigenvalue weighted by atomic mass is 9.88. The lowest BCUT2D eigenvalue weighted by Gasteiger charge is -2.34. The molecule has 120 valence electrons. The van der Waals surface area contributed by atoms with Crippen molar-refractivity contribution < 1.29 is 16.8 Å². The Morgan fingerprint density at radius 2 is 1.38 bits per heavy atom. The fourth-order valence-electron chi connectivity index (χ4n) is 1.72. The van der Waals surface area contributed by atoms with Crippen molar-refractivity contribution in [2.45, 2.75) is 43.5 Å². The molecule has 2 N–H and O–H groups in total. The largest absolute Gasteiger partial charge is 0.243 e. The van der Waals surface area contributed by atoms with Crippen LogP contribution in [0.25, 0.3) is 0 Å². The average Bonchev–Trinajstić information content (AvgIpc) is 2.35. The van der Waals surface area contributed by atoms with Crippen LogP contribution < -0.4 is 5.14 Å². The van der Waals surface area contributed by atoms with Crippen molar-refractivity contribution in [1.82, 2.24) is 4.31 Å². The maximum atomic E-state index is 12.5. The first-order chi connectivity index (χ1) is 9.28. The van der Waals surface area contributed by atoms with Crippen molar-refractivity contribution in [3.63, 3.8) is 0 Å². The molecule has 1 rings (SSSR count). The molecule has 21 heavy (non-hydrogen) atoms. The summed E-state index contributed by atoms with van der Waals surface area (Å²) in [5.41, 5.74) is -0.220. The second-order valence-electron chi connectivity index (χ2n) is 6.08. The number of benzene rings is 1. The number of hydrogen-bond donors (Lipinski definition) is 1. The van der Waals surface area contributed by atoms with Gasteiger partial charge < -0.3 is 0 Å². The van der Waals surface area contributed by atoms with E-state index in [1.165, 1.54) is 35.6 Å². The molecule has 0 saturated heterocycles. The minimum Gasteiger partial charge on any atom is -0.225 e. The first kappa shape index (κ1) is 18.1. The number of hydrogen-bond acceptors (Lipinski definition) is 4. The second kappa shape index (κ2) is 5.68. The van der Waals surface area contributed by atoms with Gasteiger partial charge >= 0.3 is 0 Å². The van der Waals surface area contributed by atoms with Crippen LogP contribution in [0.15, 0.2) is 34.1 Å². The van der Waals surface area contributed by atoms with Crippen molar-refractivity contribution in [2.24, 2.45) is 10.6 Å². The lowest BCUT2D eigenvalue weighted by Crippen LogP contribution is -2.42. The van der Waals surface area contributed by atoms with Gasteiger partial charge in [-0.1, -0.05) is 20.8 Å². The molecule has 0 aliphatic carbocycles. The molecule has 1 unspecified atom stereocenters. The van der Waals surface area contributed by atoms with Crippen molar-refractivity contribution in [1.29, 1.82) is 0 Å². The van der Waals surface area contributed by atoms with Crippen molar-refractivity contribution in [3.8, 4) is 0 Å².